The molecule has 0 bridgehead atoms. The monoisotopic (exact) mass is 383 g/mol. The number of halogens is 1. The van der Waals surface area contributed by atoms with Gasteiger partial charge in [0.1, 0.15) is 0 Å². The first-order valence-corrected chi connectivity index (χ1v) is 9.01. The molecule has 0 spiro atoms. The molecule has 124 valence electrons. The highest BCUT2D eigenvalue weighted by Gasteiger charge is 2.05. The predicted molar refractivity (Wildman–Crippen MR) is 102 cm³/mol. The topological polar surface area (TPSA) is 29.9 Å². The van der Waals surface area contributed by atoms with Gasteiger partial charge in [0.25, 0.3) is 0 Å². The number of aromatic nitrogens is 2. The van der Waals surface area contributed by atoms with Crippen LogP contribution >= 0.6 is 15.9 Å². The average Bonchev–Trinajstić information content (AvgIpc) is 3.03. The molecule has 0 radical (unpaired) electrons. The SMILES string of the molecule is CC(Cc1ccc(Br)cc1)NCc1cnn(Cc2ccccc2)c1. The Kier molecular flexibility index (Phi) is 5.83. The molecule has 0 amide bonds. The summed E-state index contributed by atoms with van der Waals surface area (Å²) in [5, 5.41) is 8.03. The highest BCUT2D eigenvalue weighted by atomic mass is 79.9. The molecule has 4 heteroatoms. The van der Waals surface area contributed by atoms with Crippen molar-refractivity contribution in [2.75, 3.05) is 0 Å². The Balaban J connectivity index is 1.49. The van der Waals surface area contributed by atoms with Crippen LogP contribution in [0, 0.1) is 0 Å². The van der Waals surface area contributed by atoms with Gasteiger partial charge in [-0.25, -0.2) is 0 Å². The third kappa shape index (κ3) is 5.05. The van der Waals surface area contributed by atoms with Gasteiger partial charge in [0.15, 0.2) is 0 Å². The Hall–Kier alpha value is -1.91. The number of benzene rings is 2. The lowest BCUT2D eigenvalue weighted by molar-refractivity contribution is 0.545. The van der Waals surface area contributed by atoms with Gasteiger partial charge in [-0.2, -0.15) is 5.10 Å². The van der Waals surface area contributed by atoms with Crippen molar-refractivity contribution in [3.05, 3.63) is 88.2 Å². The highest BCUT2D eigenvalue weighted by Crippen LogP contribution is 2.12. The maximum Gasteiger partial charge on any atom is 0.0659 e. The standard InChI is InChI=1S/C20H22BrN3/c1-16(11-17-7-9-20(21)10-8-17)22-12-19-13-23-24(15-19)14-18-5-3-2-4-6-18/h2-10,13,15-16,22H,11-12,14H2,1H3. The van der Waals surface area contributed by atoms with E-state index < -0.39 is 0 Å². The molecule has 1 heterocycles. The molecule has 0 aliphatic rings. The Morgan fingerprint density at radius 2 is 1.75 bits per heavy atom. The number of hydrogen-bond acceptors (Lipinski definition) is 2. The normalized spacial score (nSPS) is 12.2. The fourth-order valence-electron chi connectivity index (χ4n) is 2.69. The Morgan fingerprint density at radius 1 is 1.00 bits per heavy atom. The average molecular weight is 384 g/mol. The third-order valence-corrected chi connectivity index (χ3v) is 4.51. The van der Waals surface area contributed by atoms with Crippen molar-refractivity contribution >= 4 is 15.9 Å². The van der Waals surface area contributed by atoms with Crippen LogP contribution in [-0.2, 0) is 19.5 Å². The summed E-state index contributed by atoms with van der Waals surface area (Å²) < 4.78 is 3.11. The van der Waals surface area contributed by atoms with E-state index in [0.717, 1.165) is 24.0 Å². The van der Waals surface area contributed by atoms with Gasteiger partial charge in [-0.3, -0.25) is 4.68 Å². The quantitative estimate of drug-likeness (QED) is 0.654. The molecule has 24 heavy (non-hydrogen) atoms. The summed E-state index contributed by atoms with van der Waals surface area (Å²) in [6.07, 6.45) is 5.08. The third-order valence-electron chi connectivity index (χ3n) is 3.98. The lowest BCUT2D eigenvalue weighted by Gasteiger charge is -2.13. The number of nitrogens with zero attached hydrogens (tertiary/aromatic N) is 2. The maximum absolute atomic E-state index is 4.45. The summed E-state index contributed by atoms with van der Waals surface area (Å²) in [6.45, 7) is 3.87. The molecule has 3 aromatic rings. The molecular weight excluding hydrogens is 362 g/mol. The molecule has 3 nitrogen and oxygen atoms in total. The largest absolute Gasteiger partial charge is 0.310 e. The molecule has 2 aromatic carbocycles. The smallest absolute Gasteiger partial charge is 0.0659 e. The van der Waals surface area contributed by atoms with Crippen molar-refractivity contribution in [1.29, 1.82) is 0 Å². The van der Waals surface area contributed by atoms with Gasteiger partial charge in [0, 0.05) is 28.8 Å². The zero-order chi connectivity index (χ0) is 16.8. The highest BCUT2D eigenvalue weighted by molar-refractivity contribution is 9.10. The van der Waals surface area contributed by atoms with Crippen LogP contribution in [0.2, 0.25) is 0 Å². The molecule has 1 unspecified atom stereocenters. The van der Waals surface area contributed by atoms with Gasteiger partial charge in [-0.1, -0.05) is 58.4 Å². The van der Waals surface area contributed by atoms with Crippen LogP contribution in [0.15, 0.2) is 71.5 Å². The van der Waals surface area contributed by atoms with Crippen LogP contribution in [0.4, 0.5) is 0 Å². The molecule has 0 saturated heterocycles. The van der Waals surface area contributed by atoms with Gasteiger partial charge in [-0.05, 0) is 36.6 Å². The van der Waals surface area contributed by atoms with Crippen molar-refractivity contribution < 1.29 is 0 Å². The van der Waals surface area contributed by atoms with Crippen LogP contribution in [0.3, 0.4) is 0 Å². The van der Waals surface area contributed by atoms with Crippen molar-refractivity contribution in [3.8, 4) is 0 Å². The maximum atomic E-state index is 4.45. The van der Waals surface area contributed by atoms with E-state index in [4.69, 9.17) is 0 Å². The first-order valence-electron chi connectivity index (χ1n) is 8.22. The zero-order valence-corrected chi connectivity index (χ0v) is 15.4. The van der Waals surface area contributed by atoms with Crippen molar-refractivity contribution in [3.63, 3.8) is 0 Å². The van der Waals surface area contributed by atoms with E-state index in [9.17, 15) is 0 Å². The zero-order valence-electron chi connectivity index (χ0n) is 13.8. The van der Waals surface area contributed by atoms with Gasteiger partial charge in [-0.15, -0.1) is 0 Å². The van der Waals surface area contributed by atoms with Crippen LogP contribution in [-0.4, -0.2) is 15.8 Å². The van der Waals surface area contributed by atoms with Crippen molar-refractivity contribution in [2.24, 2.45) is 0 Å². The van der Waals surface area contributed by atoms with Crippen molar-refractivity contribution in [1.82, 2.24) is 15.1 Å². The summed E-state index contributed by atoms with van der Waals surface area (Å²) in [5.41, 5.74) is 3.83. The second kappa shape index (κ2) is 8.27. The summed E-state index contributed by atoms with van der Waals surface area (Å²) >= 11 is 3.47. The lowest BCUT2D eigenvalue weighted by atomic mass is 10.1. The van der Waals surface area contributed by atoms with Crippen molar-refractivity contribution in [2.45, 2.75) is 32.5 Å². The fourth-order valence-corrected chi connectivity index (χ4v) is 2.96. The first kappa shape index (κ1) is 16.9. The van der Waals surface area contributed by atoms with Gasteiger partial charge in [0.05, 0.1) is 12.7 Å². The van der Waals surface area contributed by atoms with Gasteiger partial charge in [0.2, 0.25) is 0 Å². The van der Waals surface area contributed by atoms with E-state index in [-0.39, 0.29) is 0 Å². The van der Waals surface area contributed by atoms with Gasteiger partial charge < -0.3 is 5.32 Å². The number of nitrogens with one attached hydrogen (secondary N) is 1. The Morgan fingerprint density at radius 3 is 2.50 bits per heavy atom. The van der Waals surface area contributed by atoms with E-state index >= 15 is 0 Å². The molecule has 0 aliphatic carbocycles. The van der Waals surface area contributed by atoms with E-state index in [1.165, 1.54) is 16.7 Å². The molecular formula is C20H22BrN3. The second-order valence-electron chi connectivity index (χ2n) is 6.14. The van der Waals surface area contributed by atoms with E-state index in [0.29, 0.717) is 6.04 Å². The molecule has 0 aliphatic heterocycles. The number of hydrogen-bond donors (Lipinski definition) is 1. The molecule has 0 saturated carbocycles. The van der Waals surface area contributed by atoms with Gasteiger partial charge >= 0.3 is 0 Å². The molecule has 1 atom stereocenters. The summed E-state index contributed by atoms with van der Waals surface area (Å²) in [5.74, 6) is 0. The van der Waals surface area contributed by atoms with E-state index in [1.54, 1.807) is 0 Å². The minimum Gasteiger partial charge on any atom is -0.310 e. The van der Waals surface area contributed by atoms with Crippen LogP contribution in [0.1, 0.15) is 23.6 Å². The lowest BCUT2D eigenvalue weighted by Crippen LogP contribution is -2.27. The molecule has 1 aromatic heterocycles. The summed E-state index contributed by atoms with van der Waals surface area (Å²) in [6, 6.07) is 19.3. The molecule has 3 rings (SSSR count). The van der Waals surface area contributed by atoms with E-state index in [2.05, 4.69) is 88.0 Å². The summed E-state index contributed by atoms with van der Waals surface area (Å²) in [4.78, 5) is 0. The predicted octanol–water partition coefficient (Wildman–Crippen LogP) is 4.41. The minimum atomic E-state index is 0.420. The Labute approximate surface area is 151 Å². The second-order valence-corrected chi connectivity index (χ2v) is 7.06. The fraction of sp³-hybridized carbons (Fsp3) is 0.250. The molecule has 1 N–H and O–H groups in total. The first-order chi connectivity index (χ1) is 11.7. The van der Waals surface area contributed by atoms with Crippen LogP contribution in [0.25, 0.3) is 0 Å². The van der Waals surface area contributed by atoms with Crippen LogP contribution in [0.5, 0.6) is 0 Å². The van der Waals surface area contributed by atoms with E-state index in [1.807, 2.05) is 16.9 Å². The summed E-state index contributed by atoms with van der Waals surface area (Å²) in [7, 11) is 0. The molecule has 0 fully saturated rings. The van der Waals surface area contributed by atoms with Crippen LogP contribution < -0.4 is 5.32 Å². The Bertz CT molecular complexity index is 750. The number of rotatable bonds is 7. The minimum absolute atomic E-state index is 0.420.